The van der Waals surface area contributed by atoms with Crippen molar-refractivity contribution in [3.63, 3.8) is 0 Å². The Kier molecular flexibility index (Phi) is 5.67. The first-order valence-corrected chi connectivity index (χ1v) is 11.1. The zero-order valence-corrected chi connectivity index (χ0v) is 17.8. The van der Waals surface area contributed by atoms with Crippen molar-refractivity contribution in [3.05, 3.63) is 47.9 Å². The molecule has 7 heteroatoms. The molecular formula is C22H25N5OS. The summed E-state index contributed by atoms with van der Waals surface area (Å²) < 4.78 is 0. The highest BCUT2D eigenvalue weighted by molar-refractivity contribution is 7.98. The lowest BCUT2D eigenvalue weighted by Crippen LogP contribution is -2.40. The molecule has 150 valence electrons. The summed E-state index contributed by atoms with van der Waals surface area (Å²) in [5.74, 6) is 0.0242. The first-order valence-electron chi connectivity index (χ1n) is 9.84. The smallest absolute Gasteiger partial charge is 0.229 e. The molecule has 3 aromatic rings. The molecule has 0 saturated carbocycles. The van der Waals surface area contributed by atoms with Gasteiger partial charge in [-0.15, -0.1) is 11.8 Å². The number of nitrogens with zero attached hydrogens (tertiary/aromatic N) is 4. The second-order valence-corrected chi connectivity index (χ2v) is 8.32. The second-order valence-electron chi connectivity index (χ2n) is 7.44. The van der Waals surface area contributed by atoms with Crippen molar-refractivity contribution in [1.29, 1.82) is 0 Å². The molecule has 0 radical (unpaired) electrons. The molecule has 1 atom stereocenters. The summed E-state index contributed by atoms with van der Waals surface area (Å²) in [7, 11) is 0. The Labute approximate surface area is 175 Å². The maximum atomic E-state index is 12.9. The van der Waals surface area contributed by atoms with E-state index in [1.807, 2.05) is 56.6 Å². The standard InChI is InChI=1S/C22H25N5OS/c1-14-15(2)25-21-20(24-14)11-18(12-23-21)27-9-5-6-16(13-27)22(28)26-17-7-4-8-19(10-17)29-3/h4,7-8,10-12,16H,5-6,9,13H2,1-3H3,(H,26,28)/t16-/m0/s1. The van der Waals surface area contributed by atoms with E-state index in [0.29, 0.717) is 12.2 Å². The van der Waals surface area contributed by atoms with E-state index in [1.165, 1.54) is 0 Å². The van der Waals surface area contributed by atoms with Crippen molar-refractivity contribution in [2.24, 2.45) is 5.92 Å². The van der Waals surface area contributed by atoms with Crippen LogP contribution in [0.15, 0.2) is 41.4 Å². The number of benzene rings is 1. The third kappa shape index (κ3) is 4.34. The third-order valence-electron chi connectivity index (χ3n) is 5.41. The zero-order valence-electron chi connectivity index (χ0n) is 17.0. The van der Waals surface area contributed by atoms with Gasteiger partial charge in [-0.05, 0) is 57.2 Å². The van der Waals surface area contributed by atoms with Crippen LogP contribution in [0.1, 0.15) is 24.2 Å². The van der Waals surface area contributed by atoms with Gasteiger partial charge < -0.3 is 10.2 Å². The molecular weight excluding hydrogens is 382 g/mol. The summed E-state index contributed by atoms with van der Waals surface area (Å²) in [5, 5.41) is 3.08. The summed E-state index contributed by atoms with van der Waals surface area (Å²) in [6.45, 7) is 5.50. The highest BCUT2D eigenvalue weighted by atomic mass is 32.2. The number of thioether (sulfide) groups is 1. The summed E-state index contributed by atoms with van der Waals surface area (Å²) in [4.78, 5) is 29.9. The number of anilines is 2. The van der Waals surface area contributed by atoms with Crippen molar-refractivity contribution >= 4 is 40.2 Å². The minimum atomic E-state index is -0.0526. The SMILES string of the molecule is CSc1cccc(NC(=O)[C@H]2CCCN(c3cnc4nc(C)c(C)nc4c3)C2)c1. The van der Waals surface area contributed by atoms with Crippen LogP contribution >= 0.6 is 11.8 Å². The van der Waals surface area contributed by atoms with Crippen molar-refractivity contribution in [2.45, 2.75) is 31.6 Å². The molecule has 29 heavy (non-hydrogen) atoms. The molecule has 2 aromatic heterocycles. The molecule has 3 heterocycles. The Morgan fingerprint density at radius 3 is 2.86 bits per heavy atom. The normalized spacial score (nSPS) is 16.8. The van der Waals surface area contributed by atoms with E-state index >= 15 is 0 Å². The van der Waals surface area contributed by atoms with Gasteiger partial charge in [-0.25, -0.2) is 15.0 Å². The van der Waals surface area contributed by atoms with Gasteiger partial charge in [0.2, 0.25) is 5.91 Å². The van der Waals surface area contributed by atoms with Crippen LogP contribution in [0, 0.1) is 19.8 Å². The van der Waals surface area contributed by atoms with Crippen LogP contribution in [0.3, 0.4) is 0 Å². The molecule has 1 saturated heterocycles. The third-order valence-corrected chi connectivity index (χ3v) is 6.14. The molecule has 1 aromatic carbocycles. The molecule has 6 nitrogen and oxygen atoms in total. The Hall–Kier alpha value is -2.67. The number of aryl methyl sites for hydroxylation is 2. The number of hydrogen-bond donors (Lipinski definition) is 1. The van der Waals surface area contributed by atoms with E-state index in [2.05, 4.69) is 25.2 Å². The van der Waals surface area contributed by atoms with Gasteiger partial charge in [0.25, 0.3) is 0 Å². The Bertz CT molecular complexity index is 1050. The van der Waals surface area contributed by atoms with Crippen molar-refractivity contribution in [3.8, 4) is 0 Å². The predicted octanol–water partition coefficient (Wildman–Crippen LogP) is 4.22. The van der Waals surface area contributed by atoms with Gasteiger partial charge in [-0.3, -0.25) is 4.79 Å². The minimum absolute atomic E-state index is 0.0526. The average Bonchev–Trinajstić information content (AvgIpc) is 2.74. The Morgan fingerprint density at radius 1 is 1.21 bits per heavy atom. The number of aromatic nitrogens is 3. The van der Waals surface area contributed by atoms with Crippen LogP contribution in [0.2, 0.25) is 0 Å². The number of rotatable bonds is 4. The first kappa shape index (κ1) is 19.6. The lowest BCUT2D eigenvalue weighted by molar-refractivity contribution is -0.120. The van der Waals surface area contributed by atoms with E-state index in [0.717, 1.165) is 52.6 Å². The fourth-order valence-corrected chi connectivity index (χ4v) is 4.11. The van der Waals surface area contributed by atoms with Gasteiger partial charge in [-0.2, -0.15) is 0 Å². The van der Waals surface area contributed by atoms with Crippen LogP contribution in [0.5, 0.6) is 0 Å². The monoisotopic (exact) mass is 407 g/mol. The van der Waals surface area contributed by atoms with E-state index in [-0.39, 0.29) is 11.8 Å². The van der Waals surface area contributed by atoms with Crippen LogP contribution in [-0.4, -0.2) is 40.2 Å². The molecule has 1 aliphatic rings. The van der Waals surface area contributed by atoms with E-state index in [9.17, 15) is 4.79 Å². The fraction of sp³-hybridized carbons (Fsp3) is 0.364. The van der Waals surface area contributed by atoms with E-state index in [4.69, 9.17) is 0 Å². The highest BCUT2D eigenvalue weighted by Crippen LogP contribution is 2.26. The van der Waals surface area contributed by atoms with Crippen LogP contribution in [-0.2, 0) is 4.79 Å². The highest BCUT2D eigenvalue weighted by Gasteiger charge is 2.26. The van der Waals surface area contributed by atoms with E-state index in [1.54, 1.807) is 11.8 Å². The predicted molar refractivity (Wildman–Crippen MR) is 119 cm³/mol. The number of carbonyl (C=O) groups is 1. The first-order chi connectivity index (χ1) is 14.0. The lowest BCUT2D eigenvalue weighted by Gasteiger charge is -2.33. The van der Waals surface area contributed by atoms with E-state index < -0.39 is 0 Å². The van der Waals surface area contributed by atoms with Gasteiger partial charge in [0.05, 0.1) is 29.2 Å². The maximum Gasteiger partial charge on any atom is 0.229 e. The van der Waals surface area contributed by atoms with Crippen LogP contribution < -0.4 is 10.2 Å². The number of carbonyl (C=O) groups excluding carboxylic acids is 1. The summed E-state index contributed by atoms with van der Waals surface area (Å²) >= 11 is 1.67. The number of pyridine rings is 1. The van der Waals surface area contributed by atoms with Crippen LogP contribution in [0.25, 0.3) is 11.2 Å². The van der Waals surface area contributed by atoms with Gasteiger partial charge in [0, 0.05) is 23.7 Å². The molecule has 0 unspecified atom stereocenters. The molecule has 4 rings (SSSR count). The fourth-order valence-electron chi connectivity index (χ4n) is 3.65. The number of amides is 1. The van der Waals surface area contributed by atoms with Crippen molar-refractivity contribution in [1.82, 2.24) is 15.0 Å². The largest absolute Gasteiger partial charge is 0.369 e. The molecule has 1 amide bonds. The Morgan fingerprint density at radius 2 is 2.03 bits per heavy atom. The Balaban J connectivity index is 1.49. The quantitative estimate of drug-likeness (QED) is 0.653. The van der Waals surface area contributed by atoms with Crippen molar-refractivity contribution in [2.75, 3.05) is 29.6 Å². The number of piperidine rings is 1. The number of nitrogens with one attached hydrogen (secondary N) is 1. The summed E-state index contributed by atoms with van der Waals surface area (Å²) in [6, 6.07) is 10.00. The van der Waals surface area contributed by atoms with Crippen molar-refractivity contribution < 1.29 is 4.79 Å². The number of hydrogen-bond acceptors (Lipinski definition) is 6. The maximum absolute atomic E-state index is 12.9. The van der Waals surface area contributed by atoms with Crippen LogP contribution in [0.4, 0.5) is 11.4 Å². The topological polar surface area (TPSA) is 71.0 Å². The zero-order chi connectivity index (χ0) is 20.4. The molecule has 1 N–H and O–H groups in total. The molecule has 0 spiro atoms. The number of fused-ring (bicyclic) bond motifs is 1. The molecule has 0 bridgehead atoms. The molecule has 1 fully saturated rings. The van der Waals surface area contributed by atoms with Gasteiger partial charge in [-0.1, -0.05) is 6.07 Å². The van der Waals surface area contributed by atoms with Gasteiger partial charge >= 0.3 is 0 Å². The average molecular weight is 408 g/mol. The molecule has 0 aliphatic carbocycles. The summed E-state index contributed by atoms with van der Waals surface area (Å²) in [6.07, 6.45) is 5.74. The minimum Gasteiger partial charge on any atom is -0.369 e. The van der Waals surface area contributed by atoms with Gasteiger partial charge in [0.1, 0.15) is 5.52 Å². The summed E-state index contributed by atoms with van der Waals surface area (Å²) in [5.41, 5.74) is 5.13. The lowest BCUT2D eigenvalue weighted by atomic mass is 9.96. The van der Waals surface area contributed by atoms with Gasteiger partial charge in [0.15, 0.2) is 5.65 Å². The molecule has 1 aliphatic heterocycles. The second kappa shape index (κ2) is 8.37.